The van der Waals surface area contributed by atoms with E-state index in [1.807, 2.05) is 6.55 Å². The van der Waals surface area contributed by atoms with Crippen LogP contribution in [-0.2, 0) is 17.8 Å². The highest BCUT2D eigenvalue weighted by atomic mass is 28.5. The van der Waals surface area contributed by atoms with Crippen LogP contribution >= 0.6 is 0 Å². The molecule has 0 spiro atoms. The Kier molecular flexibility index (Phi) is 6.72. The Hall–Kier alpha value is -0.219. The first-order chi connectivity index (χ1) is 7.93. The van der Waals surface area contributed by atoms with Gasteiger partial charge in [0.1, 0.15) is 6.23 Å². The normalized spacial score (nSPS) is 14.2. The fraction of sp³-hybridized carbons (Fsp3) is 0.727. The van der Waals surface area contributed by atoms with Crippen molar-refractivity contribution < 1.29 is 17.8 Å². The summed E-state index contributed by atoms with van der Waals surface area (Å²) in [4.78, 5) is 11.3. The van der Waals surface area contributed by atoms with Crippen molar-refractivity contribution in [1.29, 1.82) is 0 Å². The zero-order valence-corrected chi connectivity index (χ0v) is 15.8. The van der Waals surface area contributed by atoms with Gasteiger partial charge in [-0.1, -0.05) is 6.58 Å². The zero-order valence-electron chi connectivity index (χ0n) is 12.6. The standard InChI is InChI=1S/C11H26O4Si3/c1-10(2)11(12)13-9-16(3)14-18(7,8)15-17(4,5)6/h16H,1,9H2,2-8H3. The number of rotatable bonds is 7. The predicted octanol–water partition coefficient (Wildman–Crippen LogP) is 2.57. The second-order valence-corrected chi connectivity index (χ2v) is 16.7. The number of carbonyl (C=O) groups is 1. The first kappa shape index (κ1) is 17.8. The van der Waals surface area contributed by atoms with Crippen molar-refractivity contribution in [3.05, 3.63) is 12.2 Å². The van der Waals surface area contributed by atoms with Gasteiger partial charge in [-0.15, -0.1) is 0 Å². The molecule has 18 heavy (non-hydrogen) atoms. The Morgan fingerprint density at radius 3 is 2.11 bits per heavy atom. The molecule has 4 nitrogen and oxygen atoms in total. The lowest BCUT2D eigenvalue weighted by Crippen LogP contribution is -2.48. The Balaban J connectivity index is 4.18. The summed E-state index contributed by atoms with van der Waals surface area (Å²) >= 11 is 0. The SMILES string of the molecule is C=C(C)C(=O)OC[SiH](C)O[Si](C)(C)O[Si](C)(C)C. The van der Waals surface area contributed by atoms with E-state index in [1.165, 1.54) is 0 Å². The highest BCUT2D eigenvalue weighted by Crippen LogP contribution is 2.16. The minimum atomic E-state index is -2.09. The molecule has 0 fully saturated rings. The second-order valence-electron chi connectivity index (χ2n) is 5.92. The molecule has 106 valence electrons. The van der Waals surface area contributed by atoms with E-state index in [9.17, 15) is 4.79 Å². The van der Waals surface area contributed by atoms with Gasteiger partial charge < -0.3 is 13.0 Å². The van der Waals surface area contributed by atoms with Gasteiger partial charge in [0.2, 0.25) is 9.04 Å². The maximum Gasteiger partial charge on any atom is 0.332 e. The van der Waals surface area contributed by atoms with Gasteiger partial charge in [0.25, 0.3) is 0 Å². The molecule has 0 saturated carbocycles. The molecule has 0 rings (SSSR count). The molecule has 1 unspecified atom stereocenters. The van der Waals surface area contributed by atoms with Crippen molar-refractivity contribution in [3.63, 3.8) is 0 Å². The van der Waals surface area contributed by atoms with E-state index in [2.05, 4.69) is 39.3 Å². The topological polar surface area (TPSA) is 44.8 Å². The number of carbonyl (C=O) groups excluding carboxylic acids is 1. The third-order valence-corrected chi connectivity index (χ3v) is 10.8. The molecule has 0 aromatic carbocycles. The van der Waals surface area contributed by atoms with Crippen LogP contribution in [0, 0.1) is 0 Å². The third-order valence-electron chi connectivity index (χ3n) is 1.83. The minimum Gasteiger partial charge on any atom is -0.464 e. The van der Waals surface area contributed by atoms with E-state index in [4.69, 9.17) is 13.0 Å². The molecule has 0 aliphatic heterocycles. The van der Waals surface area contributed by atoms with Crippen molar-refractivity contribution in [1.82, 2.24) is 0 Å². The van der Waals surface area contributed by atoms with E-state index in [-0.39, 0.29) is 5.97 Å². The molecule has 0 aromatic heterocycles. The van der Waals surface area contributed by atoms with Crippen molar-refractivity contribution in [3.8, 4) is 0 Å². The van der Waals surface area contributed by atoms with Crippen molar-refractivity contribution in [2.45, 2.75) is 46.2 Å². The van der Waals surface area contributed by atoms with E-state index < -0.39 is 25.9 Å². The maximum atomic E-state index is 11.3. The van der Waals surface area contributed by atoms with E-state index in [0.29, 0.717) is 11.8 Å². The molecule has 0 saturated heterocycles. The van der Waals surface area contributed by atoms with Gasteiger partial charge in [-0.05, 0) is 46.2 Å². The van der Waals surface area contributed by atoms with Crippen molar-refractivity contribution in [2.24, 2.45) is 0 Å². The fourth-order valence-electron chi connectivity index (χ4n) is 1.60. The van der Waals surface area contributed by atoms with Crippen molar-refractivity contribution in [2.75, 3.05) is 6.23 Å². The highest BCUT2D eigenvalue weighted by molar-refractivity contribution is 6.84. The molecular formula is C11H26O4Si3. The number of hydrogen-bond acceptors (Lipinski definition) is 4. The highest BCUT2D eigenvalue weighted by Gasteiger charge is 2.33. The molecule has 0 aliphatic carbocycles. The smallest absolute Gasteiger partial charge is 0.332 e. The monoisotopic (exact) mass is 306 g/mol. The molecule has 0 amide bonds. The summed E-state index contributed by atoms with van der Waals surface area (Å²) in [6.07, 6.45) is 0.372. The maximum absolute atomic E-state index is 11.3. The molecule has 1 atom stereocenters. The number of esters is 1. The Morgan fingerprint density at radius 1 is 1.22 bits per heavy atom. The van der Waals surface area contributed by atoms with E-state index >= 15 is 0 Å². The van der Waals surface area contributed by atoms with Crippen LogP contribution in [0.2, 0.25) is 39.3 Å². The minimum absolute atomic E-state index is 0.344. The van der Waals surface area contributed by atoms with Crippen molar-refractivity contribution >= 4 is 31.9 Å². The average Bonchev–Trinajstić information content (AvgIpc) is 2.08. The lowest BCUT2D eigenvalue weighted by atomic mass is 10.4. The first-order valence-electron chi connectivity index (χ1n) is 6.13. The summed E-state index contributed by atoms with van der Waals surface area (Å²) in [7, 11) is -5.22. The molecule has 0 N–H and O–H groups in total. The van der Waals surface area contributed by atoms with Gasteiger partial charge in [0, 0.05) is 5.57 Å². The number of ether oxygens (including phenoxy) is 1. The van der Waals surface area contributed by atoms with Crippen LogP contribution in [0.4, 0.5) is 0 Å². The summed E-state index contributed by atoms with van der Waals surface area (Å²) < 4.78 is 17.2. The molecule has 7 heteroatoms. The molecule has 0 heterocycles. The van der Waals surface area contributed by atoms with Gasteiger partial charge in [-0.3, -0.25) is 0 Å². The predicted molar refractivity (Wildman–Crippen MR) is 81.8 cm³/mol. The van der Waals surface area contributed by atoms with Gasteiger partial charge in [0.15, 0.2) is 8.32 Å². The van der Waals surface area contributed by atoms with E-state index in [0.717, 1.165) is 0 Å². The zero-order chi connectivity index (χ0) is 14.6. The second kappa shape index (κ2) is 6.81. The van der Waals surface area contributed by atoms with Crippen LogP contribution in [0.25, 0.3) is 0 Å². The first-order valence-corrected chi connectivity index (χ1v) is 14.8. The van der Waals surface area contributed by atoms with Gasteiger partial charge >= 0.3 is 14.5 Å². The number of hydrogen-bond donors (Lipinski definition) is 0. The summed E-state index contributed by atoms with van der Waals surface area (Å²) in [6.45, 7) is 17.8. The quantitative estimate of drug-likeness (QED) is 0.412. The molecule has 0 bridgehead atoms. The van der Waals surface area contributed by atoms with Crippen LogP contribution in [0.15, 0.2) is 12.2 Å². The molecule has 0 aromatic rings. The average molecular weight is 307 g/mol. The van der Waals surface area contributed by atoms with Crippen LogP contribution < -0.4 is 0 Å². The third kappa shape index (κ3) is 8.81. The summed E-state index contributed by atoms with van der Waals surface area (Å²) in [5.41, 5.74) is 0.422. The van der Waals surface area contributed by atoms with Crippen LogP contribution in [0.5, 0.6) is 0 Å². The summed E-state index contributed by atoms with van der Waals surface area (Å²) in [5.74, 6) is -0.344. The fourth-order valence-corrected chi connectivity index (χ4v) is 12.7. The summed E-state index contributed by atoms with van der Waals surface area (Å²) in [5, 5.41) is 0. The molecular weight excluding hydrogens is 280 g/mol. The van der Waals surface area contributed by atoms with Gasteiger partial charge in [-0.2, -0.15) is 0 Å². The Morgan fingerprint density at radius 2 is 1.72 bits per heavy atom. The lowest BCUT2D eigenvalue weighted by molar-refractivity contribution is -0.137. The van der Waals surface area contributed by atoms with E-state index in [1.54, 1.807) is 6.92 Å². The Bertz CT molecular complexity index is 310. The van der Waals surface area contributed by atoms with Crippen LogP contribution in [0.3, 0.4) is 0 Å². The summed E-state index contributed by atoms with van der Waals surface area (Å²) in [6, 6.07) is 0. The van der Waals surface area contributed by atoms with Gasteiger partial charge in [0.05, 0.1) is 0 Å². The Labute approximate surface area is 114 Å². The van der Waals surface area contributed by atoms with Crippen LogP contribution in [-0.4, -0.2) is 38.1 Å². The molecule has 0 aliphatic rings. The molecule has 0 radical (unpaired) electrons. The largest absolute Gasteiger partial charge is 0.464 e. The van der Waals surface area contributed by atoms with Gasteiger partial charge in [-0.25, -0.2) is 4.79 Å². The van der Waals surface area contributed by atoms with Crippen LogP contribution in [0.1, 0.15) is 6.92 Å². The lowest BCUT2D eigenvalue weighted by Gasteiger charge is -2.33.